The van der Waals surface area contributed by atoms with Crippen molar-refractivity contribution in [2.24, 2.45) is 5.92 Å². The van der Waals surface area contributed by atoms with Crippen LogP contribution in [0.4, 0.5) is 5.69 Å². The number of anilines is 1. The highest BCUT2D eigenvalue weighted by Crippen LogP contribution is 2.23. The van der Waals surface area contributed by atoms with Gasteiger partial charge in [0.2, 0.25) is 0 Å². The third kappa shape index (κ3) is 3.47. The summed E-state index contributed by atoms with van der Waals surface area (Å²) in [4.78, 5) is 13.4. The number of carboxylic acids is 1. The standard InChI is InChI=1S/C15H22N2O2/c1-11(2)8-14-10-16-6-7-17(14)13-5-3-4-12(9-13)15(18)19/h3-5,9,11,14,16H,6-8,10H2,1-2H3,(H,18,19)/t14-/m1/s1. The summed E-state index contributed by atoms with van der Waals surface area (Å²) in [6.07, 6.45) is 1.12. The van der Waals surface area contributed by atoms with Gasteiger partial charge in [0, 0.05) is 31.4 Å². The Morgan fingerprint density at radius 1 is 1.53 bits per heavy atom. The van der Waals surface area contributed by atoms with Crippen molar-refractivity contribution in [3.63, 3.8) is 0 Å². The van der Waals surface area contributed by atoms with Gasteiger partial charge in [0.05, 0.1) is 5.56 Å². The van der Waals surface area contributed by atoms with E-state index in [2.05, 4.69) is 24.1 Å². The second kappa shape index (κ2) is 6.06. The molecule has 1 aromatic carbocycles. The molecule has 19 heavy (non-hydrogen) atoms. The van der Waals surface area contributed by atoms with Crippen molar-refractivity contribution >= 4 is 11.7 Å². The van der Waals surface area contributed by atoms with Crippen LogP contribution in [-0.4, -0.2) is 36.8 Å². The first-order chi connectivity index (χ1) is 9.08. The molecule has 0 spiro atoms. The van der Waals surface area contributed by atoms with Crippen molar-refractivity contribution < 1.29 is 9.90 Å². The number of hydrogen-bond donors (Lipinski definition) is 2. The fourth-order valence-corrected chi connectivity index (χ4v) is 2.67. The Labute approximate surface area is 114 Å². The zero-order valence-electron chi connectivity index (χ0n) is 11.6. The van der Waals surface area contributed by atoms with Gasteiger partial charge in [-0.05, 0) is 30.5 Å². The Morgan fingerprint density at radius 3 is 3.00 bits per heavy atom. The second-order valence-corrected chi connectivity index (χ2v) is 5.54. The quantitative estimate of drug-likeness (QED) is 0.873. The minimum absolute atomic E-state index is 0.360. The number of rotatable bonds is 4. The first-order valence-corrected chi connectivity index (χ1v) is 6.88. The van der Waals surface area contributed by atoms with Gasteiger partial charge in [-0.25, -0.2) is 4.79 Å². The predicted octanol–water partition coefficient (Wildman–Crippen LogP) is 2.21. The summed E-state index contributed by atoms with van der Waals surface area (Å²) in [6.45, 7) is 7.29. The van der Waals surface area contributed by atoms with E-state index < -0.39 is 5.97 Å². The average molecular weight is 262 g/mol. The summed E-state index contributed by atoms with van der Waals surface area (Å²) in [6, 6.07) is 7.70. The van der Waals surface area contributed by atoms with Gasteiger partial charge in [-0.15, -0.1) is 0 Å². The largest absolute Gasteiger partial charge is 0.478 e. The molecule has 0 amide bonds. The van der Waals surface area contributed by atoms with E-state index in [-0.39, 0.29) is 0 Å². The summed E-state index contributed by atoms with van der Waals surface area (Å²) in [7, 11) is 0. The van der Waals surface area contributed by atoms with E-state index in [9.17, 15) is 4.79 Å². The van der Waals surface area contributed by atoms with Gasteiger partial charge in [-0.3, -0.25) is 0 Å². The molecule has 1 atom stereocenters. The van der Waals surface area contributed by atoms with E-state index in [1.165, 1.54) is 0 Å². The van der Waals surface area contributed by atoms with Gasteiger partial charge >= 0.3 is 5.97 Å². The smallest absolute Gasteiger partial charge is 0.335 e. The van der Waals surface area contributed by atoms with Crippen LogP contribution in [0.3, 0.4) is 0 Å². The molecule has 0 aromatic heterocycles. The normalized spacial score (nSPS) is 19.7. The van der Waals surface area contributed by atoms with Gasteiger partial charge < -0.3 is 15.3 Å². The summed E-state index contributed by atoms with van der Waals surface area (Å²) < 4.78 is 0. The Morgan fingerprint density at radius 2 is 2.32 bits per heavy atom. The van der Waals surface area contributed by atoms with Crippen molar-refractivity contribution in [3.8, 4) is 0 Å². The summed E-state index contributed by atoms with van der Waals surface area (Å²) in [5.41, 5.74) is 1.38. The second-order valence-electron chi connectivity index (χ2n) is 5.54. The van der Waals surface area contributed by atoms with E-state index in [0.29, 0.717) is 17.5 Å². The van der Waals surface area contributed by atoms with Gasteiger partial charge in [-0.2, -0.15) is 0 Å². The van der Waals surface area contributed by atoms with Crippen molar-refractivity contribution in [2.45, 2.75) is 26.3 Å². The lowest BCUT2D eigenvalue weighted by Gasteiger charge is -2.39. The van der Waals surface area contributed by atoms with Gasteiger partial charge in [-0.1, -0.05) is 19.9 Å². The van der Waals surface area contributed by atoms with Crippen LogP contribution in [0, 0.1) is 5.92 Å². The highest BCUT2D eigenvalue weighted by atomic mass is 16.4. The van der Waals surface area contributed by atoms with Crippen LogP contribution in [0.15, 0.2) is 24.3 Å². The molecular weight excluding hydrogens is 240 g/mol. The zero-order valence-corrected chi connectivity index (χ0v) is 11.6. The molecule has 0 radical (unpaired) electrons. The lowest BCUT2D eigenvalue weighted by molar-refractivity contribution is 0.0697. The maximum absolute atomic E-state index is 11.1. The highest BCUT2D eigenvalue weighted by Gasteiger charge is 2.23. The van der Waals surface area contributed by atoms with Crippen LogP contribution >= 0.6 is 0 Å². The number of piperazine rings is 1. The monoisotopic (exact) mass is 262 g/mol. The Balaban J connectivity index is 2.21. The molecule has 0 aliphatic carbocycles. The molecule has 1 aliphatic rings. The number of aromatic carboxylic acids is 1. The van der Waals surface area contributed by atoms with Gasteiger partial charge in [0.25, 0.3) is 0 Å². The number of nitrogens with zero attached hydrogens (tertiary/aromatic N) is 1. The molecule has 4 nitrogen and oxygen atoms in total. The molecule has 2 N–H and O–H groups in total. The minimum atomic E-state index is -0.864. The minimum Gasteiger partial charge on any atom is -0.478 e. The first kappa shape index (κ1) is 13.9. The van der Waals surface area contributed by atoms with Crippen LogP contribution in [0.5, 0.6) is 0 Å². The maximum Gasteiger partial charge on any atom is 0.335 e. The van der Waals surface area contributed by atoms with Crippen molar-refractivity contribution in [1.82, 2.24) is 5.32 Å². The maximum atomic E-state index is 11.1. The Hall–Kier alpha value is -1.55. The molecule has 1 saturated heterocycles. The van der Waals surface area contributed by atoms with Crippen molar-refractivity contribution in [3.05, 3.63) is 29.8 Å². The van der Waals surface area contributed by atoms with E-state index in [0.717, 1.165) is 31.7 Å². The van der Waals surface area contributed by atoms with Crippen molar-refractivity contribution in [2.75, 3.05) is 24.5 Å². The third-order valence-electron chi connectivity index (χ3n) is 3.52. The molecule has 0 unspecified atom stereocenters. The van der Waals surface area contributed by atoms with Crippen LogP contribution in [0.2, 0.25) is 0 Å². The molecule has 2 rings (SSSR count). The Kier molecular flexibility index (Phi) is 4.43. The van der Waals surface area contributed by atoms with E-state index in [4.69, 9.17) is 5.11 Å². The summed E-state index contributed by atoms with van der Waals surface area (Å²) in [5.74, 6) is -0.229. The zero-order chi connectivity index (χ0) is 13.8. The van der Waals surface area contributed by atoms with Crippen LogP contribution < -0.4 is 10.2 Å². The summed E-state index contributed by atoms with van der Waals surface area (Å²) in [5, 5.41) is 12.5. The third-order valence-corrected chi connectivity index (χ3v) is 3.52. The SMILES string of the molecule is CC(C)C[C@@H]1CNCCN1c1cccc(C(=O)O)c1. The van der Waals surface area contributed by atoms with Crippen LogP contribution in [0.1, 0.15) is 30.6 Å². The van der Waals surface area contributed by atoms with Crippen LogP contribution in [-0.2, 0) is 0 Å². The molecule has 1 aromatic rings. The molecule has 1 heterocycles. The lowest BCUT2D eigenvalue weighted by atomic mass is 10.00. The van der Waals surface area contributed by atoms with Gasteiger partial charge in [0.15, 0.2) is 0 Å². The fraction of sp³-hybridized carbons (Fsp3) is 0.533. The number of nitrogens with one attached hydrogen (secondary N) is 1. The molecule has 1 aliphatic heterocycles. The molecule has 104 valence electrons. The topological polar surface area (TPSA) is 52.6 Å². The first-order valence-electron chi connectivity index (χ1n) is 6.88. The molecule has 0 bridgehead atoms. The van der Waals surface area contributed by atoms with Crippen molar-refractivity contribution in [1.29, 1.82) is 0 Å². The molecule has 0 saturated carbocycles. The van der Waals surface area contributed by atoms with E-state index in [1.54, 1.807) is 12.1 Å². The van der Waals surface area contributed by atoms with Gasteiger partial charge in [0.1, 0.15) is 0 Å². The molecular formula is C15H22N2O2. The Bertz CT molecular complexity index is 446. The van der Waals surface area contributed by atoms with E-state index >= 15 is 0 Å². The number of carboxylic acid groups (broad SMARTS) is 1. The molecule has 4 heteroatoms. The highest BCUT2D eigenvalue weighted by molar-refractivity contribution is 5.88. The predicted molar refractivity (Wildman–Crippen MR) is 76.9 cm³/mol. The number of carbonyl (C=O) groups is 1. The number of hydrogen-bond acceptors (Lipinski definition) is 3. The average Bonchev–Trinajstić information content (AvgIpc) is 2.39. The lowest BCUT2D eigenvalue weighted by Crippen LogP contribution is -2.52. The number of benzene rings is 1. The van der Waals surface area contributed by atoms with Crippen LogP contribution in [0.25, 0.3) is 0 Å². The summed E-state index contributed by atoms with van der Waals surface area (Å²) >= 11 is 0. The molecule has 1 fully saturated rings. The fourth-order valence-electron chi connectivity index (χ4n) is 2.67. The van der Waals surface area contributed by atoms with E-state index in [1.807, 2.05) is 12.1 Å².